The summed E-state index contributed by atoms with van der Waals surface area (Å²) in [5, 5.41) is 14.8. The van der Waals surface area contributed by atoms with Crippen LogP contribution in [0.5, 0.6) is 0 Å². The van der Waals surface area contributed by atoms with Crippen LogP contribution in [-0.2, 0) is 0 Å². The van der Waals surface area contributed by atoms with Gasteiger partial charge in [0.2, 0.25) is 0 Å². The van der Waals surface area contributed by atoms with Gasteiger partial charge in [0.15, 0.2) is 0 Å². The number of carbonyl (C=O) groups is 1. The van der Waals surface area contributed by atoms with E-state index in [1.807, 2.05) is 6.07 Å². The number of carbonyl (C=O) groups excluding carboxylic acids is 1. The summed E-state index contributed by atoms with van der Waals surface area (Å²) in [5.41, 5.74) is 0.463. The number of H-pyrrole nitrogens is 1. The fourth-order valence-corrected chi connectivity index (χ4v) is 0.834. The summed E-state index contributed by atoms with van der Waals surface area (Å²) in [6, 6.07) is 1.55. The van der Waals surface area contributed by atoms with Crippen molar-refractivity contribution in [3.05, 3.63) is 18.0 Å². The van der Waals surface area contributed by atoms with E-state index in [0.717, 1.165) is 0 Å². The maximum atomic E-state index is 11.5. The van der Waals surface area contributed by atoms with E-state index in [1.165, 1.54) is 17.3 Å². The van der Waals surface area contributed by atoms with Crippen LogP contribution in [0, 0.1) is 11.3 Å². The lowest BCUT2D eigenvalue weighted by Gasteiger charge is -2.17. The van der Waals surface area contributed by atoms with Crippen molar-refractivity contribution in [2.45, 2.75) is 13.0 Å². The molecule has 1 N–H and O–H groups in total. The van der Waals surface area contributed by atoms with E-state index in [-0.39, 0.29) is 5.91 Å². The Bertz CT molecular complexity index is 324. The number of aromatic amines is 1. The molecule has 1 aromatic rings. The first-order chi connectivity index (χ1) is 6.16. The molecule has 0 aromatic carbocycles. The third kappa shape index (κ3) is 1.85. The van der Waals surface area contributed by atoms with Crippen LogP contribution in [0.2, 0.25) is 0 Å². The van der Waals surface area contributed by atoms with Crippen molar-refractivity contribution in [2.24, 2.45) is 0 Å². The minimum absolute atomic E-state index is 0.206. The maximum absolute atomic E-state index is 11.5. The van der Waals surface area contributed by atoms with Crippen LogP contribution in [-0.4, -0.2) is 34.1 Å². The second kappa shape index (κ2) is 3.72. The molecule has 0 fully saturated rings. The Balaban J connectivity index is 2.75. The number of nitriles is 1. The molecule has 68 valence electrons. The summed E-state index contributed by atoms with van der Waals surface area (Å²) in [6.07, 6.45) is 2.94. The van der Waals surface area contributed by atoms with Gasteiger partial charge in [-0.05, 0) is 6.92 Å². The fraction of sp³-hybridized carbons (Fsp3) is 0.375. The topological polar surface area (TPSA) is 72.8 Å². The van der Waals surface area contributed by atoms with Gasteiger partial charge in [-0.1, -0.05) is 0 Å². The van der Waals surface area contributed by atoms with Gasteiger partial charge in [-0.15, -0.1) is 0 Å². The van der Waals surface area contributed by atoms with Crippen molar-refractivity contribution in [2.75, 3.05) is 7.05 Å². The van der Waals surface area contributed by atoms with E-state index in [4.69, 9.17) is 5.26 Å². The van der Waals surface area contributed by atoms with Gasteiger partial charge in [0.05, 0.1) is 17.8 Å². The molecule has 0 saturated heterocycles. The van der Waals surface area contributed by atoms with Gasteiger partial charge in [0.25, 0.3) is 5.91 Å². The number of nitrogens with one attached hydrogen (secondary N) is 1. The van der Waals surface area contributed by atoms with E-state index in [0.29, 0.717) is 5.56 Å². The molecule has 0 radical (unpaired) electrons. The molecule has 0 aliphatic heterocycles. The Kier molecular flexibility index (Phi) is 2.65. The van der Waals surface area contributed by atoms with Gasteiger partial charge in [-0.2, -0.15) is 10.4 Å². The average Bonchev–Trinajstić information content (AvgIpc) is 2.67. The predicted molar refractivity (Wildman–Crippen MR) is 45.8 cm³/mol. The molecule has 0 aliphatic rings. The molecule has 0 spiro atoms. The smallest absolute Gasteiger partial charge is 0.257 e. The van der Waals surface area contributed by atoms with E-state index >= 15 is 0 Å². The molecule has 13 heavy (non-hydrogen) atoms. The highest BCUT2D eigenvalue weighted by atomic mass is 16.2. The lowest BCUT2D eigenvalue weighted by Crippen LogP contribution is -2.33. The molecular weight excluding hydrogens is 168 g/mol. The van der Waals surface area contributed by atoms with Crippen LogP contribution in [0.3, 0.4) is 0 Å². The van der Waals surface area contributed by atoms with Crippen molar-refractivity contribution in [1.82, 2.24) is 15.1 Å². The zero-order valence-electron chi connectivity index (χ0n) is 7.48. The van der Waals surface area contributed by atoms with Crippen LogP contribution in [0.15, 0.2) is 12.4 Å². The summed E-state index contributed by atoms with van der Waals surface area (Å²) in [7, 11) is 1.59. The molecule has 5 nitrogen and oxygen atoms in total. The number of nitrogens with zero attached hydrogens (tertiary/aromatic N) is 3. The van der Waals surface area contributed by atoms with Gasteiger partial charge in [-0.25, -0.2) is 0 Å². The Morgan fingerprint density at radius 1 is 1.85 bits per heavy atom. The Hall–Kier alpha value is -1.83. The second-order valence-electron chi connectivity index (χ2n) is 2.71. The molecule has 1 amide bonds. The molecule has 0 saturated carbocycles. The van der Waals surface area contributed by atoms with E-state index in [2.05, 4.69) is 10.2 Å². The molecule has 5 heteroatoms. The monoisotopic (exact) mass is 178 g/mol. The maximum Gasteiger partial charge on any atom is 0.257 e. The largest absolute Gasteiger partial charge is 0.326 e. The Labute approximate surface area is 76.0 Å². The van der Waals surface area contributed by atoms with E-state index < -0.39 is 6.04 Å². The van der Waals surface area contributed by atoms with Crippen molar-refractivity contribution >= 4 is 5.91 Å². The average molecular weight is 178 g/mol. The first-order valence-electron chi connectivity index (χ1n) is 3.82. The third-order valence-corrected chi connectivity index (χ3v) is 1.83. The van der Waals surface area contributed by atoms with Crippen LogP contribution in [0.4, 0.5) is 0 Å². The summed E-state index contributed by atoms with van der Waals surface area (Å²) in [5.74, 6) is -0.206. The minimum atomic E-state index is -0.428. The summed E-state index contributed by atoms with van der Waals surface area (Å²) in [6.45, 7) is 1.66. The predicted octanol–water partition coefficient (Wildman–Crippen LogP) is 0.394. The molecule has 1 heterocycles. The van der Waals surface area contributed by atoms with Crippen molar-refractivity contribution in [3.8, 4) is 6.07 Å². The molecule has 0 bridgehead atoms. The number of amides is 1. The highest BCUT2D eigenvalue weighted by molar-refractivity contribution is 5.93. The number of aromatic nitrogens is 2. The van der Waals surface area contributed by atoms with Crippen LogP contribution in [0.1, 0.15) is 17.3 Å². The van der Waals surface area contributed by atoms with Gasteiger partial charge < -0.3 is 4.90 Å². The van der Waals surface area contributed by atoms with Crippen LogP contribution < -0.4 is 0 Å². The van der Waals surface area contributed by atoms with Gasteiger partial charge >= 0.3 is 0 Å². The van der Waals surface area contributed by atoms with Gasteiger partial charge in [-0.3, -0.25) is 9.89 Å². The number of hydrogen-bond acceptors (Lipinski definition) is 3. The highest BCUT2D eigenvalue weighted by Gasteiger charge is 2.17. The van der Waals surface area contributed by atoms with Crippen molar-refractivity contribution in [3.63, 3.8) is 0 Å². The molecule has 0 aliphatic carbocycles. The molecule has 1 rings (SSSR count). The first kappa shape index (κ1) is 9.26. The van der Waals surface area contributed by atoms with Gasteiger partial charge in [0.1, 0.15) is 6.04 Å². The third-order valence-electron chi connectivity index (χ3n) is 1.83. The number of rotatable bonds is 2. The van der Waals surface area contributed by atoms with Crippen molar-refractivity contribution < 1.29 is 4.79 Å². The Morgan fingerprint density at radius 2 is 2.54 bits per heavy atom. The quantitative estimate of drug-likeness (QED) is 0.712. The van der Waals surface area contributed by atoms with E-state index in [1.54, 1.807) is 14.0 Å². The lowest BCUT2D eigenvalue weighted by molar-refractivity contribution is 0.0773. The molecule has 1 unspecified atom stereocenters. The minimum Gasteiger partial charge on any atom is -0.326 e. The van der Waals surface area contributed by atoms with Crippen LogP contribution >= 0.6 is 0 Å². The zero-order valence-corrected chi connectivity index (χ0v) is 7.48. The molecule has 1 aromatic heterocycles. The lowest BCUT2D eigenvalue weighted by atomic mass is 10.2. The molecular formula is C8H10N4O. The summed E-state index contributed by atoms with van der Waals surface area (Å²) >= 11 is 0. The SMILES string of the molecule is CC(C#N)N(C)C(=O)c1cn[nH]c1. The normalized spacial score (nSPS) is 11.8. The van der Waals surface area contributed by atoms with Gasteiger partial charge in [0, 0.05) is 13.2 Å². The zero-order chi connectivity index (χ0) is 9.84. The Morgan fingerprint density at radius 3 is 3.00 bits per heavy atom. The standard InChI is InChI=1S/C8H10N4O/c1-6(3-9)12(2)8(13)7-4-10-11-5-7/h4-6H,1-2H3,(H,10,11). The highest BCUT2D eigenvalue weighted by Crippen LogP contribution is 2.03. The second-order valence-corrected chi connectivity index (χ2v) is 2.71. The summed E-state index contributed by atoms with van der Waals surface area (Å²) < 4.78 is 0. The fourth-order valence-electron chi connectivity index (χ4n) is 0.834. The van der Waals surface area contributed by atoms with Crippen LogP contribution in [0.25, 0.3) is 0 Å². The van der Waals surface area contributed by atoms with E-state index in [9.17, 15) is 4.79 Å². The van der Waals surface area contributed by atoms with Crippen molar-refractivity contribution in [1.29, 1.82) is 5.26 Å². The first-order valence-corrected chi connectivity index (χ1v) is 3.82. The molecule has 1 atom stereocenters. The number of hydrogen-bond donors (Lipinski definition) is 1. The summed E-state index contributed by atoms with van der Waals surface area (Å²) in [4.78, 5) is 12.9.